The van der Waals surface area contributed by atoms with Crippen LogP contribution in [0.4, 0.5) is 4.39 Å². The molecule has 0 unspecified atom stereocenters. The van der Waals surface area contributed by atoms with Gasteiger partial charge in [0.15, 0.2) is 0 Å². The molecule has 0 aliphatic carbocycles. The van der Waals surface area contributed by atoms with Gasteiger partial charge in [0.2, 0.25) is 5.01 Å². The van der Waals surface area contributed by atoms with Crippen LogP contribution in [0.25, 0.3) is 0 Å². The Kier molecular flexibility index (Phi) is 3.99. The Morgan fingerprint density at radius 2 is 2.00 bits per heavy atom. The van der Waals surface area contributed by atoms with Crippen LogP contribution in [0.5, 0.6) is 0 Å². The minimum absolute atomic E-state index is 0.248. The van der Waals surface area contributed by atoms with E-state index in [0.29, 0.717) is 6.42 Å². The lowest BCUT2D eigenvalue weighted by Gasteiger charge is -1.98. The summed E-state index contributed by atoms with van der Waals surface area (Å²) in [4.78, 5) is 11.2. The molecule has 1 aromatic heterocycles. The highest BCUT2D eigenvalue weighted by Crippen LogP contribution is 2.14. The van der Waals surface area contributed by atoms with Crippen molar-refractivity contribution in [3.63, 3.8) is 0 Å². The molecule has 6 heteroatoms. The third-order valence-corrected chi connectivity index (χ3v) is 3.33. The molecule has 0 amide bonds. The molecule has 1 aromatic carbocycles. The molecule has 94 valence electrons. The fraction of sp³-hybridized carbons (Fsp3) is 0.250. The number of ether oxygens (including phenoxy) is 1. The maximum atomic E-state index is 12.7. The number of methoxy groups -OCH3 is 1. The van der Waals surface area contributed by atoms with Gasteiger partial charge in [0, 0.05) is 6.42 Å². The monoisotopic (exact) mass is 266 g/mol. The fourth-order valence-electron chi connectivity index (χ4n) is 1.43. The Hall–Kier alpha value is -1.82. The van der Waals surface area contributed by atoms with Gasteiger partial charge in [0.1, 0.15) is 10.8 Å². The standard InChI is InChI=1S/C12H11FN2O2S/c1-17-12(16)11-15-14-10(18-11)7-4-8-2-5-9(13)6-3-8/h2-3,5-6H,4,7H2,1H3. The Labute approximate surface area is 107 Å². The Morgan fingerprint density at radius 1 is 1.28 bits per heavy atom. The quantitative estimate of drug-likeness (QED) is 0.796. The molecule has 0 fully saturated rings. The van der Waals surface area contributed by atoms with E-state index in [9.17, 15) is 9.18 Å². The van der Waals surface area contributed by atoms with E-state index in [1.54, 1.807) is 12.1 Å². The predicted octanol–water partition coefficient (Wildman–Crippen LogP) is 2.25. The summed E-state index contributed by atoms with van der Waals surface area (Å²) in [6.45, 7) is 0. The summed E-state index contributed by atoms with van der Waals surface area (Å²) >= 11 is 1.22. The zero-order valence-electron chi connectivity index (χ0n) is 9.72. The van der Waals surface area contributed by atoms with E-state index in [1.807, 2.05) is 0 Å². The third kappa shape index (κ3) is 3.10. The summed E-state index contributed by atoms with van der Waals surface area (Å²) in [5.41, 5.74) is 1.02. The lowest BCUT2D eigenvalue weighted by Crippen LogP contribution is -1.99. The molecule has 0 bridgehead atoms. The number of carbonyl (C=O) groups excluding carboxylic acids is 1. The minimum Gasteiger partial charge on any atom is -0.464 e. The van der Waals surface area contributed by atoms with Crippen molar-refractivity contribution in [1.29, 1.82) is 0 Å². The molecular weight excluding hydrogens is 255 g/mol. The van der Waals surface area contributed by atoms with Crippen molar-refractivity contribution in [2.45, 2.75) is 12.8 Å². The van der Waals surface area contributed by atoms with Gasteiger partial charge < -0.3 is 4.74 Å². The van der Waals surface area contributed by atoms with Gasteiger partial charge in [-0.1, -0.05) is 23.5 Å². The molecule has 18 heavy (non-hydrogen) atoms. The zero-order valence-corrected chi connectivity index (χ0v) is 10.5. The molecule has 4 nitrogen and oxygen atoms in total. The minimum atomic E-state index is -0.472. The smallest absolute Gasteiger partial charge is 0.369 e. The van der Waals surface area contributed by atoms with E-state index < -0.39 is 5.97 Å². The van der Waals surface area contributed by atoms with Gasteiger partial charge in [-0.3, -0.25) is 0 Å². The highest BCUT2D eigenvalue weighted by Gasteiger charge is 2.12. The molecule has 2 rings (SSSR count). The molecule has 0 saturated heterocycles. The normalized spacial score (nSPS) is 10.3. The van der Waals surface area contributed by atoms with Crippen molar-refractivity contribution in [2.75, 3.05) is 7.11 Å². The zero-order chi connectivity index (χ0) is 13.0. The summed E-state index contributed by atoms with van der Waals surface area (Å²) in [5.74, 6) is -0.719. The van der Waals surface area contributed by atoms with Crippen molar-refractivity contribution >= 4 is 17.3 Å². The SMILES string of the molecule is COC(=O)c1nnc(CCc2ccc(F)cc2)s1. The molecule has 0 radical (unpaired) electrons. The van der Waals surface area contributed by atoms with Gasteiger partial charge in [0.25, 0.3) is 0 Å². The Morgan fingerprint density at radius 3 is 2.67 bits per heavy atom. The van der Waals surface area contributed by atoms with Crippen LogP contribution < -0.4 is 0 Å². The number of aryl methyl sites for hydroxylation is 2. The predicted molar refractivity (Wildman–Crippen MR) is 65.1 cm³/mol. The van der Waals surface area contributed by atoms with E-state index in [-0.39, 0.29) is 10.8 Å². The van der Waals surface area contributed by atoms with Crippen LogP contribution in [-0.2, 0) is 17.6 Å². The molecule has 0 aliphatic heterocycles. The number of aromatic nitrogens is 2. The van der Waals surface area contributed by atoms with Crippen LogP contribution in [-0.4, -0.2) is 23.3 Å². The average Bonchev–Trinajstić information content (AvgIpc) is 2.86. The van der Waals surface area contributed by atoms with E-state index in [0.717, 1.165) is 17.0 Å². The Balaban J connectivity index is 1.96. The summed E-state index contributed by atoms with van der Waals surface area (Å²) in [7, 11) is 1.31. The summed E-state index contributed by atoms with van der Waals surface area (Å²) in [5, 5.41) is 8.68. The van der Waals surface area contributed by atoms with Crippen LogP contribution in [0.1, 0.15) is 20.4 Å². The van der Waals surface area contributed by atoms with Crippen LogP contribution in [0.15, 0.2) is 24.3 Å². The van der Waals surface area contributed by atoms with Crippen LogP contribution >= 0.6 is 11.3 Å². The van der Waals surface area contributed by atoms with Crippen molar-refractivity contribution in [2.24, 2.45) is 0 Å². The summed E-state index contributed by atoms with van der Waals surface area (Å²) in [6.07, 6.45) is 1.40. The first-order valence-corrected chi connectivity index (χ1v) is 6.16. The van der Waals surface area contributed by atoms with E-state index in [1.165, 1.54) is 30.6 Å². The van der Waals surface area contributed by atoms with Gasteiger partial charge in [0.05, 0.1) is 7.11 Å². The number of benzene rings is 1. The van der Waals surface area contributed by atoms with Crippen LogP contribution in [0, 0.1) is 5.82 Å². The van der Waals surface area contributed by atoms with E-state index in [4.69, 9.17) is 0 Å². The molecule has 0 aliphatic rings. The maximum Gasteiger partial charge on any atom is 0.369 e. The molecule has 2 aromatic rings. The lowest BCUT2D eigenvalue weighted by molar-refractivity contribution is 0.0599. The largest absolute Gasteiger partial charge is 0.464 e. The fourth-order valence-corrected chi connectivity index (χ4v) is 2.18. The number of halogens is 1. The second-order valence-electron chi connectivity index (χ2n) is 3.62. The third-order valence-electron chi connectivity index (χ3n) is 2.37. The number of hydrogen-bond donors (Lipinski definition) is 0. The van der Waals surface area contributed by atoms with Gasteiger partial charge in [-0.2, -0.15) is 0 Å². The number of esters is 1. The van der Waals surface area contributed by atoms with Gasteiger partial charge >= 0.3 is 5.97 Å². The molecule has 0 atom stereocenters. The van der Waals surface area contributed by atoms with Gasteiger partial charge in [-0.15, -0.1) is 10.2 Å². The highest BCUT2D eigenvalue weighted by atomic mass is 32.1. The Bertz CT molecular complexity index is 539. The summed E-state index contributed by atoms with van der Waals surface area (Å²) in [6, 6.07) is 6.32. The first-order chi connectivity index (χ1) is 8.69. The number of hydrogen-bond acceptors (Lipinski definition) is 5. The second-order valence-corrected chi connectivity index (χ2v) is 4.68. The van der Waals surface area contributed by atoms with Crippen molar-refractivity contribution in [3.8, 4) is 0 Å². The maximum absolute atomic E-state index is 12.7. The second kappa shape index (κ2) is 5.68. The first kappa shape index (κ1) is 12.6. The summed E-state index contributed by atoms with van der Waals surface area (Å²) < 4.78 is 17.3. The highest BCUT2D eigenvalue weighted by molar-refractivity contribution is 7.13. The number of rotatable bonds is 4. The van der Waals surface area contributed by atoms with Crippen molar-refractivity contribution < 1.29 is 13.9 Å². The molecule has 0 spiro atoms. The molecular formula is C12H11FN2O2S. The van der Waals surface area contributed by atoms with Gasteiger partial charge in [-0.05, 0) is 24.1 Å². The topological polar surface area (TPSA) is 52.1 Å². The average molecular weight is 266 g/mol. The van der Waals surface area contributed by atoms with Gasteiger partial charge in [-0.25, -0.2) is 9.18 Å². The molecule has 0 saturated carbocycles. The molecule has 1 heterocycles. The lowest BCUT2D eigenvalue weighted by atomic mass is 10.1. The first-order valence-electron chi connectivity index (χ1n) is 5.34. The van der Waals surface area contributed by atoms with Crippen molar-refractivity contribution in [1.82, 2.24) is 10.2 Å². The molecule has 0 N–H and O–H groups in total. The van der Waals surface area contributed by atoms with E-state index in [2.05, 4.69) is 14.9 Å². The van der Waals surface area contributed by atoms with E-state index >= 15 is 0 Å². The van der Waals surface area contributed by atoms with Crippen molar-refractivity contribution in [3.05, 3.63) is 45.7 Å². The van der Waals surface area contributed by atoms with Crippen LogP contribution in [0.2, 0.25) is 0 Å². The number of carbonyl (C=O) groups is 1. The number of nitrogens with zero attached hydrogens (tertiary/aromatic N) is 2. The van der Waals surface area contributed by atoms with Crippen LogP contribution in [0.3, 0.4) is 0 Å².